The van der Waals surface area contributed by atoms with E-state index < -0.39 is 0 Å². The summed E-state index contributed by atoms with van der Waals surface area (Å²) in [5, 5.41) is 0. The van der Waals surface area contributed by atoms with Gasteiger partial charge < -0.3 is 4.90 Å². The van der Waals surface area contributed by atoms with Crippen molar-refractivity contribution in [2.45, 2.75) is 44.9 Å². The molecule has 1 saturated heterocycles. The minimum Gasteiger partial charge on any atom is -0.341 e. The standard InChI is InChI=1S/C14H20BrN3/c15-12-10-16-13(17-11-12)18-8-6-14(7-9-18)4-2-1-3-5-14/h10-11H,1-9H2. The van der Waals surface area contributed by atoms with Crippen LogP contribution >= 0.6 is 15.9 Å². The van der Waals surface area contributed by atoms with Crippen molar-refractivity contribution in [3.63, 3.8) is 0 Å². The van der Waals surface area contributed by atoms with Crippen LogP contribution in [0.3, 0.4) is 0 Å². The van der Waals surface area contributed by atoms with Gasteiger partial charge in [-0.15, -0.1) is 0 Å². The summed E-state index contributed by atoms with van der Waals surface area (Å²) in [5.74, 6) is 0.892. The van der Waals surface area contributed by atoms with Gasteiger partial charge in [0.1, 0.15) is 0 Å². The monoisotopic (exact) mass is 309 g/mol. The quantitative estimate of drug-likeness (QED) is 0.790. The zero-order valence-corrected chi connectivity index (χ0v) is 12.3. The van der Waals surface area contributed by atoms with E-state index in [1.165, 1.54) is 44.9 Å². The summed E-state index contributed by atoms with van der Waals surface area (Å²) in [6.45, 7) is 2.25. The van der Waals surface area contributed by atoms with E-state index in [0.29, 0.717) is 5.41 Å². The summed E-state index contributed by atoms with van der Waals surface area (Å²) in [7, 11) is 0. The van der Waals surface area contributed by atoms with Gasteiger partial charge in [0.2, 0.25) is 5.95 Å². The maximum Gasteiger partial charge on any atom is 0.225 e. The molecule has 2 aliphatic rings. The van der Waals surface area contributed by atoms with Gasteiger partial charge in [-0.25, -0.2) is 9.97 Å². The summed E-state index contributed by atoms with van der Waals surface area (Å²) >= 11 is 3.38. The molecule has 0 bridgehead atoms. The number of nitrogens with zero attached hydrogens (tertiary/aromatic N) is 3. The second kappa shape index (κ2) is 5.16. The lowest BCUT2D eigenvalue weighted by Crippen LogP contribution is -2.41. The molecule has 1 aromatic heterocycles. The van der Waals surface area contributed by atoms with Gasteiger partial charge in [0.15, 0.2) is 0 Å². The van der Waals surface area contributed by atoms with E-state index in [1.807, 2.05) is 12.4 Å². The highest BCUT2D eigenvalue weighted by Gasteiger charge is 2.35. The van der Waals surface area contributed by atoms with Crippen molar-refractivity contribution < 1.29 is 0 Å². The maximum absolute atomic E-state index is 4.40. The second-order valence-corrected chi connectivity index (χ2v) is 6.66. The Morgan fingerprint density at radius 3 is 2.17 bits per heavy atom. The van der Waals surface area contributed by atoms with Crippen LogP contribution in [-0.4, -0.2) is 23.1 Å². The Balaban J connectivity index is 1.64. The molecule has 0 amide bonds. The molecule has 1 saturated carbocycles. The molecular weight excluding hydrogens is 290 g/mol. The van der Waals surface area contributed by atoms with Crippen LogP contribution < -0.4 is 4.90 Å². The summed E-state index contributed by atoms with van der Waals surface area (Å²) in [6.07, 6.45) is 13.6. The minimum absolute atomic E-state index is 0.657. The molecule has 18 heavy (non-hydrogen) atoms. The van der Waals surface area contributed by atoms with Crippen molar-refractivity contribution in [2.24, 2.45) is 5.41 Å². The summed E-state index contributed by atoms with van der Waals surface area (Å²) < 4.78 is 0.951. The highest BCUT2D eigenvalue weighted by Crippen LogP contribution is 2.44. The molecule has 0 unspecified atom stereocenters. The van der Waals surface area contributed by atoms with Gasteiger partial charge in [-0.2, -0.15) is 0 Å². The summed E-state index contributed by atoms with van der Waals surface area (Å²) in [4.78, 5) is 11.1. The topological polar surface area (TPSA) is 29.0 Å². The first kappa shape index (κ1) is 12.4. The Morgan fingerprint density at radius 2 is 1.56 bits per heavy atom. The van der Waals surface area contributed by atoms with Crippen LogP contribution in [0.5, 0.6) is 0 Å². The first-order chi connectivity index (χ1) is 8.77. The fourth-order valence-electron chi connectivity index (χ4n) is 3.45. The minimum atomic E-state index is 0.657. The van der Waals surface area contributed by atoms with Gasteiger partial charge in [0.05, 0.1) is 4.47 Å². The fourth-order valence-corrected chi connectivity index (χ4v) is 3.66. The molecule has 3 nitrogen and oxygen atoms in total. The van der Waals surface area contributed by atoms with E-state index in [4.69, 9.17) is 0 Å². The van der Waals surface area contributed by atoms with Crippen LogP contribution in [0.1, 0.15) is 44.9 Å². The fraction of sp³-hybridized carbons (Fsp3) is 0.714. The smallest absolute Gasteiger partial charge is 0.225 e. The molecule has 2 fully saturated rings. The molecule has 3 rings (SSSR count). The van der Waals surface area contributed by atoms with Crippen LogP contribution in [0.4, 0.5) is 5.95 Å². The molecule has 4 heteroatoms. The molecule has 0 atom stereocenters. The average Bonchev–Trinajstić information content (AvgIpc) is 2.42. The zero-order valence-electron chi connectivity index (χ0n) is 10.7. The number of piperidine rings is 1. The van der Waals surface area contributed by atoms with Gasteiger partial charge in [-0.1, -0.05) is 19.3 Å². The largest absolute Gasteiger partial charge is 0.341 e. The molecule has 0 N–H and O–H groups in total. The van der Waals surface area contributed by atoms with Crippen molar-refractivity contribution >= 4 is 21.9 Å². The number of halogens is 1. The van der Waals surface area contributed by atoms with Crippen molar-refractivity contribution in [1.29, 1.82) is 0 Å². The molecule has 98 valence electrons. The van der Waals surface area contributed by atoms with E-state index in [1.54, 1.807) is 0 Å². The third-order valence-electron chi connectivity index (χ3n) is 4.63. The highest BCUT2D eigenvalue weighted by atomic mass is 79.9. The Hall–Kier alpha value is -0.640. The van der Waals surface area contributed by atoms with Crippen molar-refractivity contribution in [3.05, 3.63) is 16.9 Å². The van der Waals surface area contributed by atoms with Gasteiger partial charge in [-0.05, 0) is 47.0 Å². The van der Waals surface area contributed by atoms with Crippen molar-refractivity contribution in [1.82, 2.24) is 9.97 Å². The number of rotatable bonds is 1. The van der Waals surface area contributed by atoms with E-state index in [2.05, 4.69) is 30.8 Å². The van der Waals surface area contributed by atoms with Gasteiger partial charge in [0.25, 0.3) is 0 Å². The Kier molecular flexibility index (Phi) is 3.55. The van der Waals surface area contributed by atoms with Crippen LogP contribution in [-0.2, 0) is 0 Å². The van der Waals surface area contributed by atoms with E-state index in [-0.39, 0.29) is 0 Å². The summed E-state index contributed by atoms with van der Waals surface area (Å²) in [5.41, 5.74) is 0.657. The second-order valence-electron chi connectivity index (χ2n) is 5.75. The van der Waals surface area contributed by atoms with Gasteiger partial charge in [-0.3, -0.25) is 0 Å². The normalized spacial score (nSPS) is 23.3. The summed E-state index contributed by atoms with van der Waals surface area (Å²) in [6, 6.07) is 0. The molecule has 1 aliphatic heterocycles. The van der Waals surface area contributed by atoms with E-state index in [0.717, 1.165) is 23.5 Å². The molecule has 1 spiro atoms. The predicted octanol–water partition coefficient (Wildman–Crippen LogP) is 3.79. The van der Waals surface area contributed by atoms with Crippen LogP contribution in [0, 0.1) is 5.41 Å². The number of hydrogen-bond acceptors (Lipinski definition) is 3. The molecule has 1 aliphatic carbocycles. The third kappa shape index (κ3) is 2.53. The van der Waals surface area contributed by atoms with Crippen molar-refractivity contribution in [2.75, 3.05) is 18.0 Å². The number of anilines is 1. The lowest BCUT2D eigenvalue weighted by molar-refractivity contribution is 0.144. The lowest BCUT2D eigenvalue weighted by Gasteiger charge is -2.44. The van der Waals surface area contributed by atoms with Crippen LogP contribution in [0.25, 0.3) is 0 Å². The van der Waals surface area contributed by atoms with Gasteiger partial charge >= 0.3 is 0 Å². The molecule has 1 aromatic rings. The number of aromatic nitrogens is 2. The molecule has 0 radical (unpaired) electrons. The van der Waals surface area contributed by atoms with Gasteiger partial charge in [0, 0.05) is 25.5 Å². The zero-order chi connectivity index (χ0) is 12.4. The van der Waals surface area contributed by atoms with Crippen LogP contribution in [0.15, 0.2) is 16.9 Å². The maximum atomic E-state index is 4.40. The van der Waals surface area contributed by atoms with Crippen LogP contribution in [0.2, 0.25) is 0 Å². The average molecular weight is 310 g/mol. The van der Waals surface area contributed by atoms with E-state index in [9.17, 15) is 0 Å². The third-order valence-corrected chi connectivity index (χ3v) is 5.04. The Labute approximate surface area is 117 Å². The Morgan fingerprint density at radius 1 is 0.944 bits per heavy atom. The Bertz CT molecular complexity index is 388. The highest BCUT2D eigenvalue weighted by molar-refractivity contribution is 9.10. The predicted molar refractivity (Wildman–Crippen MR) is 76.7 cm³/mol. The SMILES string of the molecule is Brc1cnc(N2CCC3(CCCCC3)CC2)nc1. The van der Waals surface area contributed by atoms with E-state index >= 15 is 0 Å². The lowest BCUT2D eigenvalue weighted by atomic mass is 9.68. The molecule has 0 aromatic carbocycles. The first-order valence-corrected chi connectivity index (χ1v) is 7.79. The molecule has 2 heterocycles. The molecular formula is C14H20BrN3. The first-order valence-electron chi connectivity index (χ1n) is 7.00. The number of hydrogen-bond donors (Lipinski definition) is 0. The van der Waals surface area contributed by atoms with Crippen molar-refractivity contribution in [3.8, 4) is 0 Å².